The topological polar surface area (TPSA) is 3.24 Å². The number of rotatable bonds is 4. The largest absolute Gasteiger partial charge is 0.369 e. The highest BCUT2D eigenvalue weighted by Crippen LogP contribution is 2.18. The molecule has 0 aliphatic carbocycles. The third kappa shape index (κ3) is 2.74. The van der Waals surface area contributed by atoms with E-state index in [4.69, 9.17) is 0 Å². The fourth-order valence-electron chi connectivity index (χ4n) is 1.62. The van der Waals surface area contributed by atoms with E-state index < -0.39 is 0 Å². The zero-order valence-corrected chi connectivity index (χ0v) is 10.7. The monoisotopic (exact) mass is 255 g/mol. The van der Waals surface area contributed by atoms with Gasteiger partial charge in [-0.3, -0.25) is 0 Å². The van der Waals surface area contributed by atoms with Crippen LogP contribution in [-0.4, -0.2) is 12.6 Å². The van der Waals surface area contributed by atoms with Gasteiger partial charge in [-0.15, -0.1) is 0 Å². The van der Waals surface area contributed by atoms with Gasteiger partial charge in [0.2, 0.25) is 0 Å². The molecule has 1 nitrogen and oxygen atoms in total. The second-order valence-corrected chi connectivity index (χ2v) is 4.24. The molecule has 78 valence electrons. The van der Waals surface area contributed by atoms with E-state index in [2.05, 4.69) is 65.9 Å². The maximum atomic E-state index is 3.45. The number of anilines is 1. The van der Waals surface area contributed by atoms with Crippen LogP contribution in [0.25, 0.3) is 0 Å². The van der Waals surface area contributed by atoms with Crippen molar-refractivity contribution in [1.29, 1.82) is 0 Å². The first-order valence-corrected chi connectivity index (χ1v) is 6.22. The summed E-state index contributed by atoms with van der Waals surface area (Å²) in [7, 11) is 0. The molecule has 0 saturated heterocycles. The molecule has 0 unspecified atom stereocenters. The van der Waals surface area contributed by atoms with Gasteiger partial charge in [0.05, 0.1) is 0 Å². The summed E-state index contributed by atoms with van der Waals surface area (Å²) in [6.45, 7) is 7.70. The average molecular weight is 256 g/mol. The second kappa shape index (κ2) is 5.40. The highest BCUT2D eigenvalue weighted by molar-refractivity contribution is 9.08. The minimum Gasteiger partial charge on any atom is -0.369 e. The molecule has 0 atom stereocenters. The van der Waals surface area contributed by atoms with Crippen LogP contribution in [0.15, 0.2) is 24.3 Å². The molecule has 1 aromatic rings. The first kappa shape index (κ1) is 11.6. The van der Waals surface area contributed by atoms with Gasteiger partial charge in [0.15, 0.2) is 0 Å². The standard InChI is InChI=1S/C12H18BrN/c1-4-14(10(2)3)12-7-5-11(9-13)6-8-12/h5-8,10H,4,9H2,1-3H3. The molecule has 0 N–H and O–H groups in total. The Balaban J connectivity index is 2.84. The van der Waals surface area contributed by atoms with E-state index in [1.54, 1.807) is 0 Å². The maximum Gasteiger partial charge on any atom is 0.0368 e. The zero-order valence-electron chi connectivity index (χ0n) is 9.13. The van der Waals surface area contributed by atoms with Crippen molar-refractivity contribution in [3.8, 4) is 0 Å². The smallest absolute Gasteiger partial charge is 0.0368 e. The Kier molecular flexibility index (Phi) is 4.46. The van der Waals surface area contributed by atoms with Gasteiger partial charge in [-0.25, -0.2) is 0 Å². The van der Waals surface area contributed by atoms with Gasteiger partial charge in [-0.2, -0.15) is 0 Å². The molecule has 0 heterocycles. The number of halogens is 1. The fourth-order valence-corrected chi connectivity index (χ4v) is 2.00. The van der Waals surface area contributed by atoms with Crippen LogP contribution in [0.4, 0.5) is 5.69 Å². The Hall–Kier alpha value is -0.500. The molecule has 0 aliphatic heterocycles. The normalized spacial score (nSPS) is 10.6. The van der Waals surface area contributed by atoms with E-state index in [-0.39, 0.29) is 0 Å². The highest BCUT2D eigenvalue weighted by Gasteiger charge is 2.07. The Bertz CT molecular complexity index is 266. The molecule has 1 rings (SSSR count). The number of hydrogen-bond acceptors (Lipinski definition) is 1. The van der Waals surface area contributed by atoms with Gasteiger partial charge in [0.25, 0.3) is 0 Å². The number of hydrogen-bond donors (Lipinski definition) is 0. The van der Waals surface area contributed by atoms with E-state index in [9.17, 15) is 0 Å². The maximum absolute atomic E-state index is 3.45. The van der Waals surface area contributed by atoms with Crippen molar-refractivity contribution in [3.63, 3.8) is 0 Å². The van der Waals surface area contributed by atoms with Crippen molar-refractivity contribution in [2.24, 2.45) is 0 Å². The summed E-state index contributed by atoms with van der Waals surface area (Å²) in [6.07, 6.45) is 0. The Morgan fingerprint density at radius 1 is 1.21 bits per heavy atom. The molecule has 0 amide bonds. The van der Waals surface area contributed by atoms with Gasteiger partial charge in [0, 0.05) is 23.6 Å². The van der Waals surface area contributed by atoms with Gasteiger partial charge in [0.1, 0.15) is 0 Å². The van der Waals surface area contributed by atoms with Crippen LogP contribution in [0.5, 0.6) is 0 Å². The molecule has 0 fully saturated rings. The van der Waals surface area contributed by atoms with E-state index in [0.717, 1.165) is 11.9 Å². The summed E-state index contributed by atoms with van der Waals surface area (Å²) in [6, 6.07) is 9.31. The zero-order chi connectivity index (χ0) is 10.6. The number of nitrogens with zero attached hydrogens (tertiary/aromatic N) is 1. The van der Waals surface area contributed by atoms with Crippen molar-refractivity contribution in [3.05, 3.63) is 29.8 Å². The van der Waals surface area contributed by atoms with Crippen LogP contribution in [0, 0.1) is 0 Å². The summed E-state index contributed by atoms with van der Waals surface area (Å²) in [5, 5.41) is 0.932. The molecule has 0 saturated carbocycles. The lowest BCUT2D eigenvalue weighted by atomic mass is 10.2. The quantitative estimate of drug-likeness (QED) is 0.740. The van der Waals surface area contributed by atoms with Crippen molar-refractivity contribution in [2.45, 2.75) is 32.1 Å². The highest BCUT2D eigenvalue weighted by atomic mass is 79.9. The van der Waals surface area contributed by atoms with Crippen LogP contribution in [0.3, 0.4) is 0 Å². The van der Waals surface area contributed by atoms with Gasteiger partial charge in [-0.1, -0.05) is 28.1 Å². The Morgan fingerprint density at radius 3 is 2.14 bits per heavy atom. The predicted octanol–water partition coefficient (Wildman–Crippen LogP) is 3.82. The summed E-state index contributed by atoms with van der Waals surface area (Å²) in [4.78, 5) is 2.39. The predicted molar refractivity (Wildman–Crippen MR) is 67.2 cm³/mol. The third-order valence-electron chi connectivity index (χ3n) is 2.39. The average Bonchev–Trinajstić information content (AvgIpc) is 2.19. The van der Waals surface area contributed by atoms with Crippen LogP contribution in [0.2, 0.25) is 0 Å². The lowest BCUT2D eigenvalue weighted by Crippen LogP contribution is -2.30. The van der Waals surface area contributed by atoms with Gasteiger partial charge < -0.3 is 4.90 Å². The van der Waals surface area contributed by atoms with Crippen LogP contribution >= 0.6 is 15.9 Å². The lowest BCUT2D eigenvalue weighted by Gasteiger charge is -2.27. The van der Waals surface area contributed by atoms with E-state index in [0.29, 0.717) is 6.04 Å². The third-order valence-corrected chi connectivity index (χ3v) is 3.03. The summed E-state index contributed by atoms with van der Waals surface area (Å²) < 4.78 is 0. The van der Waals surface area contributed by atoms with E-state index >= 15 is 0 Å². The molecular formula is C12H18BrN. The second-order valence-electron chi connectivity index (χ2n) is 3.68. The molecule has 0 bridgehead atoms. The minimum atomic E-state index is 0.565. The van der Waals surface area contributed by atoms with Crippen molar-refractivity contribution < 1.29 is 0 Å². The van der Waals surface area contributed by atoms with Gasteiger partial charge in [-0.05, 0) is 38.5 Å². The Morgan fingerprint density at radius 2 is 1.79 bits per heavy atom. The van der Waals surface area contributed by atoms with Gasteiger partial charge >= 0.3 is 0 Å². The van der Waals surface area contributed by atoms with Crippen molar-refractivity contribution in [1.82, 2.24) is 0 Å². The van der Waals surface area contributed by atoms with Crippen LogP contribution in [-0.2, 0) is 5.33 Å². The minimum absolute atomic E-state index is 0.565. The molecule has 14 heavy (non-hydrogen) atoms. The van der Waals surface area contributed by atoms with E-state index in [1.165, 1.54) is 11.3 Å². The molecule has 0 spiro atoms. The SMILES string of the molecule is CCN(c1ccc(CBr)cc1)C(C)C. The molecular weight excluding hydrogens is 238 g/mol. The van der Waals surface area contributed by atoms with Crippen molar-refractivity contribution in [2.75, 3.05) is 11.4 Å². The van der Waals surface area contributed by atoms with E-state index in [1.807, 2.05) is 0 Å². The molecule has 0 aromatic heterocycles. The number of benzene rings is 1. The number of alkyl halides is 1. The lowest BCUT2D eigenvalue weighted by molar-refractivity contribution is 0.704. The summed E-state index contributed by atoms with van der Waals surface area (Å²) in [5.74, 6) is 0. The van der Waals surface area contributed by atoms with Crippen LogP contribution < -0.4 is 4.90 Å². The summed E-state index contributed by atoms with van der Waals surface area (Å²) >= 11 is 3.45. The molecule has 2 heteroatoms. The van der Waals surface area contributed by atoms with Crippen molar-refractivity contribution >= 4 is 21.6 Å². The first-order valence-electron chi connectivity index (χ1n) is 5.10. The molecule has 0 aliphatic rings. The first-order chi connectivity index (χ1) is 6.69. The van der Waals surface area contributed by atoms with Crippen LogP contribution in [0.1, 0.15) is 26.3 Å². The summed E-state index contributed by atoms with van der Waals surface area (Å²) in [5.41, 5.74) is 2.64. The molecule has 1 aromatic carbocycles. The Labute approximate surface area is 95.2 Å². The fraction of sp³-hybridized carbons (Fsp3) is 0.500. The molecule has 0 radical (unpaired) electrons.